The van der Waals surface area contributed by atoms with Crippen LogP contribution in [-0.4, -0.2) is 17.0 Å². The molecular formula is C9H9BrClNO3S. The number of aliphatic carboxylic acids is 1. The molecule has 16 heavy (non-hydrogen) atoms. The average Bonchev–Trinajstić information content (AvgIpc) is 2.44. The molecule has 0 aliphatic heterocycles. The van der Waals surface area contributed by atoms with Gasteiger partial charge in [0.15, 0.2) is 0 Å². The molecule has 0 aliphatic carbocycles. The van der Waals surface area contributed by atoms with Crippen LogP contribution in [0.25, 0.3) is 0 Å². The van der Waals surface area contributed by atoms with Gasteiger partial charge in [-0.1, -0.05) is 11.6 Å². The van der Waals surface area contributed by atoms with Gasteiger partial charge in [-0.05, 0) is 22.0 Å². The van der Waals surface area contributed by atoms with E-state index in [-0.39, 0.29) is 12.3 Å². The quantitative estimate of drug-likeness (QED) is 0.894. The van der Waals surface area contributed by atoms with Crippen molar-refractivity contribution >= 4 is 50.7 Å². The fourth-order valence-electron chi connectivity index (χ4n) is 1.18. The van der Waals surface area contributed by atoms with Gasteiger partial charge in [-0.25, -0.2) is 0 Å². The predicted molar refractivity (Wildman–Crippen MR) is 65.8 cm³/mol. The van der Waals surface area contributed by atoms with Crippen LogP contribution in [-0.2, 0) is 9.59 Å². The third-order valence-corrected chi connectivity index (χ3v) is 4.35. The molecule has 0 unspecified atom stereocenters. The zero-order chi connectivity index (χ0) is 12.3. The van der Waals surface area contributed by atoms with Crippen LogP contribution in [0.5, 0.6) is 0 Å². The molecule has 1 amide bonds. The zero-order valence-corrected chi connectivity index (χ0v) is 11.4. The maximum atomic E-state index is 11.0. The van der Waals surface area contributed by atoms with E-state index in [1.807, 2.05) is 0 Å². The molecule has 7 heteroatoms. The number of carbonyl (C=O) groups excluding carboxylic acids is 1. The average molecular weight is 327 g/mol. The Labute approximate surface area is 110 Å². The molecular weight excluding hydrogens is 318 g/mol. The van der Waals surface area contributed by atoms with Crippen LogP contribution in [0.1, 0.15) is 24.3 Å². The lowest BCUT2D eigenvalue weighted by atomic mass is 10.1. The second kappa shape index (κ2) is 5.65. The van der Waals surface area contributed by atoms with E-state index in [0.717, 1.165) is 4.88 Å². The Morgan fingerprint density at radius 3 is 2.69 bits per heavy atom. The van der Waals surface area contributed by atoms with Crippen molar-refractivity contribution in [1.82, 2.24) is 5.32 Å². The highest BCUT2D eigenvalue weighted by Crippen LogP contribution is 2.36. The highest BCUT2D eigenvalue weighted by Gasteiger charge is 2.19. The third kappa shape index (κ3) is 3.77. The minimum atomic E-state index is -0.973. The van der Waals surface area contributed by atoms with E-state index in [1.165, 1.54) is 18.3 Å². The first kappa shape index (κ1) is 13.5. The van der Waals surface area contributed by atoms with Crippen molar-refractivity contribution in [3.05, 3.63) is 19.8 Å². The molecule has 0 bridgehead atoms. The fourth-order valence-corrected chi connectivity index (χ4v) is 2.97. The number of nitrogens with one attached hydrogen (secondary N) is 1. The van der Waals surface area contributed by atoms with Crippen molar-refractivity contribution in [3.63, 3.8) is 0 Å². The highest BCUT2D eigenvalue weighted by atomic mass is 79.9. The maximum Gasteiger partial charge on any atom is 0.305 e. The molecule has 0 fully saturated rings. The summed E-state index contributed by atoms with van der Waals surface area (Å²) in [5, 5.41) is 11.3. The standard InChI is InChI=1S/C9H9BrClNO3S/c1-4(13)12-6(3-8(14)15)7-2-5(10)9(11)16-7/h2,6H,3H2,1H3,(H,12,13)(H,14,15)/t6-/m0/s1. The summed E-state index contributed by atoms with van der Waals surface area (Å²) in [5.74, 6) is -1.24. The van der Waals surface area contributed by atoms with Crippen molar-refractivity contribution in [2.75, 3.05) is 0 Å². The van der Waals surface area contributed by atoms with Crippen LogP contribution >= 0.6 is 38.9 Å². The van der Waals surface area contributed by atoms with Gasteiger partial charge in [-0.15, -0.1) is 11.3 Å². The van der Waals surface area contributed by atoms with Gasteiger partial charge in [0.05, 0.1) is 12.5 Å². The number of carbonyl (C=O) groups is 2. The van der Waals surface area contributed by atoms with Gasteiger partial charge >= 0.3 is 5.97 Å². The number of halogens is 2. The SMILES string of the molecule is CC(=O)N[C@@H](CC(=O)O)c1cc(Br)c(Cl)s1. The number of hydrogen-bond acceptors (Lipinski definition) is 3. The molecule has 0 saturated carbocycles. The van der Waals surface area contributed by atoms with Crippen molar-refractivity contribution in [3.8, 4) is 0 Å². The molecule has 4 nitrogen and oxygen atoms in total. The second-order valence-electron chi connectivity index (χ2n) is 3.12. The summed E-state index contributed by atoms with van der Waals surface area (Å²) in [6, 6.07) is 1.18. The van der Waals surface area contributed by atoms with Crippen LogP contribution < -0.4 is 5.32 Å². The number of rotatable bonds is 4. The van der Waals surface area contributed by atoms with E-state index < -0.39 is 12.0 Å². The van der Waals surface area contributed by atoms with E-state index >= 15 is 0 Å². The van der Waals surface area contributed by atoms with Crippen molar-refractivity contribution in [2.45, 2.75) is 19.4 Å². The lowest BCUT2D eigenvalue weighted by Gasteiger charge is -2.13. The first-order valence-electron chi connectivity index (χ1n) is 4.33. The fraction of sp³-hybridized carbons (Fsp3) is 0.333. The minimum absolute atomic E-state index is 0.164. The number of thiophene rings is 1. The van der Waals surface area contributed by atoms with Crippen molar-refractivity contribution < 1.29 is 14.7 Å². The van der Waals surface area contributed by atoms with E-state index in [0.29, 0.717) is 8.81 Å². The monoisotopic (exact) mass is 325 g/mol. The number of hydrogen-bond donors (Lipinski definition) is 2. The molecule has 0 aromatic carbocycles. The highest BCUT2D eigenvalue weighted by molar-refractivity contribution is 9.10. The molecule has 1 heterocycles. The van der Waals surface area contributed by atoms with Crippen molar-refractivity contribution in [1.29, 1.82) is 0 Å². The van der Waals surface area contributed by atoms with Crippen LogP contribution in [0.15, 0.2) is 10.5 Å². The lowest BCUT2D eigenvalue weighted by molar-refractivity contribution is -0.137. The first-order chi connectivity index (χ1) is 7.40. The number of carboxylic acids is 1. The summed E-state index contributed by atoms with van der Waals surface area (Å²) < 4.78 is 1.24. The number of amides is 1. The van der Waals surface area contributed by atoms with Crippen LogP contribution in [0.3, 0.4) is 0 Å². The molecule has 1 aromatic rings. The van der Waals surface area contributed by atoms with E-state index in [1.54, 1.807) is 6.07 Å². The predicted octanol–water partition coefficient (Wildman–Crippen LogP) is 2.82. The molecule has 0 aliphatic rings. The Morgan fingerprint density at radius 1 is 1.69 bits per heavy atom. The molecule has 1 rings (SSSR count). The van der Waals surface area contributed by atoms with E-state index in [4.69, 9.17) is 16.7 Å². The van der Waals surface area contributed by atoms with Gasteiger partial charge in [0.2, 0.25) is 5.91 Å². The molecule has 0 saturated heterocycles. The molecule has 0 spiro atoms. The second-order valence-corrected chi connectivity index (χ2v) is 5.66. The summed E-state index contributed by atoms with van der Waals surface area (Å²) in [7, 11) is 0. The summed E-state index contributed by atoms with van der Waals surface area (Å²) in [5.41, 5.74) is 0. The van der Waals surface area contributed by atoms with Gasteiger partial charge in [0.25, 0.3) is 0 Å². The van der Waals surface area contributed by atoms with Gasteiger partial charge in [-0.3, -0.25) is 9.59 Å². The zero-order valence-electron chi connectivity index (χ0n) is 8.29. The van der Waals surface area contributed by atoms with E-state index in [2.05, 4.69) is 21.2 Å². The summed E-state index contributed by atoms with van der Waals surface area (Å²) in [6.07, 6.45) is -0.164. The van der Waals surface area contributed by atoms with Crippen LogP contribution in [0.2, 0.25) is 4.34 Å². The topological polar surface area (TPSA) is 66.4 Å². The maximum absolute atomic E-state index is 11.0. The Kier molecular flexibility index (Phi) is 4.76. The Bertz CT molecular complexity index is 385. The van der Waals surface area contributed by atoms with E-state index in [9.17, 15) is 9.59 Å². The van der Waals surface area contributed by atoms with Gasteiger partial charge < -0.3 is 10.4 Å². The van der Waals surface area contributed by atoms with Crippen LogP contribution in [0, 0.1) is 0 Å². The Morgan fingerprint density at radius 2 is 2.31 bits per heavy atom. The smallest absolute Gasteiger partial charge is 0.305 e. The third-order valence-electron chi connectivity index (χ3n) is 1.76. The lowest BCUT2D eigenvalue weighted by Crippen LogP contribution is -2.27. The summed E-state index contributed by atoms with van der Waals surface area (Å²) >= 11 is 10.3. The molecule has 0 radical (unpaired) electrons. The van der Waals surface area contributed by atoms with Crippen LogP contribution in [0.4, 0.5) is 0 Å². The first-order valence-corrected chi connectivity index (χ1v) is 6.32. The Hall–Kier alpha value is -0.590. The number of carboxylic acid groups (broad SMARTS) is 1. The summed E-state index contributed by atoms with van der Waals surface area (Å²) in [6.45, 7) is 1.35. The molecule has 2 N–H and O–H groups in total. The van der Waals surface area contributed by atoms with Gasteiger partial charge in [0.1, 0.15) is 4.34 Å². The molecule has 1 atom stereocenters. The molecule has 88 valence electrons. The Balaban J connectivity index is 2.90. The van der Waals surface area contributed by atoms with Crippen molar-refractivity contribution in [2.24, 2.45) is 0 Å². The largest absolute Gasteiger partial charge is 0.481 e. The van der Waals surface area contributed by atoms with Gasteiger partial charge in [0, 0.05) is 16.3 Å². The van der Waals surface area contributed by atoms with Gasteiger partial charge in [-0.2, -0.15) is 0 Å². The molecule has 1 aromatic heterocycles. The minimum Gasteiger partial charge on any atom is -0.481 e. The normalized spacial score (nSPS) is 12.2. The summed E-state index contributed by atoms with van der Waals surface area (Å²) in [4.78, 5) is 22.3.